The van der Waals surface area contributed by atoms with Crippen molar-refractivity contribution in [3.63, 3.8) is 0 Å². The maximum Gasteiger partial charge on any atom is 0.0597 e. The lowest BCUT2D eigenvalue weighted by Gasteiger charge is -2.28. The quantitative estimate of drug-likeness (QED) is 0.676. The van der Waals surface area contributed by atoms with E-state index in [4.69, 9.17) is 0 Å². The van der Waals surface area contributed by atoms with Gasteiger partial charge in [-0.3, -0.25) is 4.90 Å². The van der Waals surface area contributed by atoms with Gasteiger partial charge in [0.25, 0.3) is 0 Å². The van der Waals surface area contributed by atoms with Crippen molar-refractivity contribution < 1.29 is 0 Å². The first-order valence-corrected chi connectivity index (χ1v) is 6.36. The van der Waals surface area contributed by atoms with Crippen LogP contribution in [0.2, 0.25) is 0 Å². The Morgan fingerprint density at radius 1 is 1.14 bits per heavy atom. The van der Waals surface area contributed by atoms with Crippen molar-refractivity contribution in [1.82, 2.24) is 10.2 Å². The number of rotatable bonds is 7. The predicted molar refractivity (Wildman–Crippen MR) is 62.4 cm³/mol. The summed E-state index contributed by atoms with van der Waals surface area (Å²) in [4.78, 5) is 2.65. The molecule has 2 heteroatoms. The first kappa shape index (κ1) is 12.0. The zero-order valence-corrected chi connectivity index (χ0v) is 9.89. The number of nitrogens with zero attached hydrogens (tertiary/aromatic N) is 1. The van der Waals surface area contributed by atoms with Crippen LogP contribution < -0.4 is 5.32 Å². The van der Waals surface area contributed by atoms with E-state index in [0.29, 0.717) is 6.17 Å². The molecule has 0 aromatic rings. The molecule has 0 spiro atoms. The third-order valence-corrected chi connectivity index (χ3v) is 3.07. The Kier molecular flexibility index (Phi) is 6.20. The van der Waals surface area contributed by atoms with Crippen LogP contribution in [0.15, 0.2) is 0 Å². The van der Waals surface area contributed by atoms with Crippen LogP contribution in [-0.2, 0) is 0 Å². The first-order valence-electron chi connectivity index (χ1n) is 6.36. The van der Waals surface area contributed by atoms with E-state index in [0.717, 1.165) is 0 Å². The van der Waals surface area contributed by atoms with Gasteiger partial charge in [0, 0.05) is 0 Å². The van der Waals surface area contributed by atoms with Crippen LogP contribution in [-0.4, -0.2) is 30.7 Å². The Morgan fingerprint density at radius 2 is 1.79 bits per heavy atom. The third-order valence-electron chi connectivity index (χ3n) is 3.07. The Balaban J connectivity index is 2.26. The average Bonchev–Trinajstić information content (AvgIpc) is 2.71. The monoisotopic (exact) mass is 198 g/mol. The van der Waals surface area contributed by atoms with Crippen molar-refractivity contribution in [2.75, 3.05) is 19.6 Å². The molecule has 0 aliphatic carbocycles. The highest BCUT2D eigenvalue weighted by molar-refractivity contribution is 4.75. The second-order valence-electron chi connectivity index (χ2n) is 4.36. The Morgan fingerprint density at radius 3 is 2.21 bits per heavy atom. The van der Waals surface area contributed by atoms with E-state index < -0.39 is 0 Å². The minimum atomic E-state index is 0.688. The summed E-state index contributed by atoms with van der Waals surface area (Å²) in [6.45, 7) is 8.35. The van der Waals surface area contributed by atoms with Gasteiger partial charge in [-0.1, -0.05) is 26.7 Å². The van der Waals surface area contributed by atoms with Crippen LogP contribution in [0.1, 0.15) is 52.4 Å². The largest absolute Gasteiger partial charge is 0.302 e. The van der Waals surface area contributed by atoms with E-state index in [1.54, 1.807) is 0 Å². The molecule has 0 saturated carbocycles. The fourth-order valence-corrected chi connectivity index (χ4v) is 2.12. The first-order chi connectivity index (χ1) is 6.88. The van der Waals surface area contributed by atoms with Gasteiger partial charge >= 0.3 is 0 Å². The summed E-state index contributed by atoms with van der Waals surface area (Å²) in [5.74, 6) is 0. The van der Waals surface area contributed by atoms with Crippen LogP contribution in [0.25, 0.3) is 0 Å². The van der Waals surface area contributed by atoms with Crippen molar-refractivity contribution in [2.24, 2.45) is 0 Å². The molecule has 1 unspecified atom stereocenters. The molecular formula is C12H26N2. The van der Waals surface area contributed by atoms with Crippen LogP contribution in [0.4, 0.5) is 0 Å². The molecule has 1 heterocycles. The number of nitrogens with one attached hydrogen (secondary N) is 1. The molecule has 1 N–H and O–H groups in total. The maximum atomic E-state index is 3.60. The molecule has 1 fully saturated rings. The molecule has 84 valence electrons. The second-order valence-corrected chi connectivity index (χ2v) is 4.36. The summed E-state index contributed by atoms with van der Waals surface area (Å²) in [5.41, 5.74) is 0. The van der Waals surface area contributed by atoms with Crippen molar-refractivity contribution >= 4 is 0 Å². The second kappa shape index (κ2) is 7.24. The molecule has 0 amide bonds. The van der Waals surface area contributed by atoms with Crippen molar-refractivity contribution in [3.8, 4) is 0 Å². The topological polar surface area (TPSA) is 15.3 Å². The summed E-state index contributed by atoms with van der Waals surface area (Å²) >= 11 is 0. The van der Waals surface area contributed by atoms with E-state index in [9.17, 15) is 0 Å². The highest BCUT2D eigenvalue weighted by Gasteiger charge is 2.20. The zero-order valence-electron chi connectivity index (χ0n) is 9.89. The van der Waals surface area contributed by atoms with Crippen LogP contribution in [0.5, 0.6) is 0 Å². The van der Waals surface area contributed by atoms with E-state index in [2.05, 4.69) is 24.1 Å². The van der Waals surface area contributed by atoms with Gasteiger partial charge in [0.1, 0.15) is 0 Å². The molecule has 1 rings (SSSR count). The third kappa shape index (κ3) is 3.97. The SMILES string of the molecule is CCCCN(CCCC)C1CCCN1. The standard InChI is InChI=1S/C12H26N2/c1-3-5-10-14(11-6-4-2)12-8-7-9-13-12/h12-13H,3-11H2,1-2H3. The normalized spacial score (nSPS) is 22.1. The number of hydrogen-bond acceptors (Lipinski definition) is 2. The molecule has 0 bridgehead atoms. The van der Waals surface area contributed by atoms with E-state index >= 15 is 0 Å². The van der Waals surface area contributed by atoms with Gasteiger partial charge in [0.2, 0.25) is 0 Å². The number of unbranched alkanes of at least 4 members (excludes halogenated alkanes) is 2. The molecule has 0 aromatic heterocycles. The average molecular weight is 198 g/mol. The van der Waals surface area contributed by atoms with E-state index in [-0.39, 0.29) is 0 Å². The molecule has 2 nitrogen and oxygen atoms in total. The highest BCUT2D eigenvalue weighted by Crippen LogP contribution is 2.12. The summed E-state index contributed by atoms with van der Waals surface area (Å²) in [5, 5.41) is 3.60. The molecule has 0 radical (unpaired) electrons. The minimum Gasteiger partial charge on any atom is -0.302 e. The van der Waals surface area contributed by atoms with Gasteiger partial charge < -0.3 is 5.32 Å². The number of hydrogen-bond donors (Lipinski definition) is 1. The molecule has 1 atom stereocenters. The van der Waals surface area contributed by atoms with Gasteiger partial charge in [-0.15, -0.1) is 0 Å². The van der Waals surface area contributed by atoms with Gasteiger partial charge in [0.15, 0.2) is 0 Å². The summed E-state index contributed by atoms with van der Waals surface area (Å²) in [6, 6.07) is 0. The van der Waals surface area contributed by atoms with Crippen molar-refractivity contribution in [2.45, 2.75) is 58.5 Å². The predicted octanol–water partition coefficient (Wildman–Crippen LogP) is 2.60. The molecule has 14 heavy (non-hydrogen) atoms. The lowest BCUT2D eigenvalue weighted by molar-refractivity contribution is 0.176. The smallest absolute Gasteiger partial charge is 0.0597 e. The van der Waals surface area contributed by atoms with Gasteiger partial charge in [-0.2, -0.15) is 0 Å². The summed E-state index contributed by atoms with van der Waals surface area (Å²) in [6.07, 6.45) is 8.73. The Bertz CT molecular complexity index is 122. The van der Waals surface area contributed by atoms with E-state index in [1.807, 2.05) is 0 Å². The molecule has 1 saturated heterocycles. The van der Waals surface area contributed by atoms with Crippen LogP contribution in [0, 0.1) is 0 Å². The lowest BCUT2D eigenvalue weighted by Crippen LogP contribution is -2.42. The minimum absolute atomic E-state index is 0.688. The molecule has 1 aliphatic rings. The fourth-order valence-electron chi connectivity index (χ4n) is 2.12. The van der Waals surface area contributed by atoms with Gasteiger partial charge in [-0.25, -0.2) is 0 Å². The Labute approximate surface area is 89.1 Å². The zero-order chi connectivity index (χ0) is 10.2. The van der Waals surface area contributed by atoms with Crippen molar-refractivity contribution in [3.05, 3.63) is 0 Å². The molecule has 0 aromatic carbocycles. The van der Waals surface area contributed by atoms with Gasteiger partial charge in [-0.05, 0) is 45.3 Å². The maximum absolute atomic E-state index is 3.60. The van der Waals surface area contributed by atoms with Gasteiger partial charge in [0.05, 0.1) is 6.17 Å². The highest BCUT2D eigenvalue weighted by atomic mass is 15.3. The van der Waals surface area contributed by atoms with E-state index in [1.165, 1.54) is 58.2 Å². The molecule has 1 aliphatic heterocycles. The van der Waals surface area contributed by atoms with Crippen molar-refractivity contribution in [1.29, 1.82) is 0 Å². The lowest BCUT2D eigenvalue weighted by atomic mass is 10.2. The fraction of sp³-hybridized carbons (Fsp3) is 1.00. The molecular weight excluding hydrogens is 172 g/mol. The van der Waals surface area contributed by atoms with Crippen LogP contribution >= 0.6 is 0 Å². The summed E-state index contributed by atoms with van der Waals surface area (Å²) in [7, 11) is 0. The van der Waals surface area contributed by atoms with Crippen LogP contribution in [0.3, 0.4) is 0 Å². The Hall–Kier alpha value is -0.0800. The summed E-state index contributed by atoms with van der Waals surface area (Å²) < 4.78 is 0.